The number of hydrogen-bond acceptors (Lipinski definition) is 3. The van der Waals surface area contributed by atoms with E-state index < -0.39 is 0 Å². The third-order valence-electron chi connectivity index (χ3n) is 1.53. The standard InChI is InChI=1S/C6H4BrClN4/c1-12-4-3(10-5(12)7)2-9-6(8)11-4/h2H,1H3. The van der Waals surface area contributed by atoms with Gasteiger partial charge in [-0.1, -0.05) is 0 Å². The van der Waals surface area contributed by atoms with Crippen molar-refractivity contribution < 1.29 is 0 Å². The maximum Gasteiger partial charge on any atom is 0.224 e. The van der Waals surface area contributed by atoms with E-state index in [1.165, 1.54) is 0 Å². The molecular formula is C6H4BrClN4. The molecule has 2 aromatic rings. The van der Waals surface area contributed by atoms with Crippen molar-refractivity contribution in [2.45, 2.75) is 0 Å². The average Bonchev–Trinajstić information content (AvgIpc) is 2.31. The van der Waals surface area contributed by atoms with Gasteiger partial charge in [0.1, 0.15) is 5.52 Å². The minimum Gasteiger partial charge on any atom is -0.306 e. The van der Waals surface area contributed by atoms with E-state index in [0.717, 1.165) is 11.2 Å². The van der Waals surface area contributed by atoms with Crippen LogP contribution in [-0.2, 0) is 7.05 Å². The summed E-state index contributed by atoms with van der Waals surface area (Å²) in [5.74, 6) is 0. The highest BCUT2D eigenvalue weighted by Gasteiger charge is 2.06. The van der Waals surface area contributed by atoms with E-state index in [4.69, 9.17) is 11.6 Å². The lowest BCUT2D eigenvalue weighted by molar-refractivity contribution is 0.896. The van der Waals surface area contributed by atoms with Crippen molar-refractivity contribution in [3.8, 4) is 0 Å². The molecule has 2 rings (SSSR count). The van der Waals surface area contributed by atoms with Crippen molar-refractivity contribution in [2.24, 2.45) is 7.05 Å². The molecule has 0 saturated heterocycles. The highest BCUT2D eigenvalue weighted by Crippen LogP contribution is 2.16. The van der Waals surface area contributed by atoms with Gasteiger partial charge >= 0.3 is 0 Å². The van der Waals surface area contributed by atoms with Crippen LogP contribution < -0.4 is 0 Å². The molecule has 0 spiro atoms. The van der Waals surface area contributed by atoms with Crippen LogP contribution >= 0.6 is 27.5 Å². The van der Waals surface area contributed by atoms with Crippen LogP contribution in [0, 0.1) is 0 Å². The van der Waals surface area contributed by atoms with Crippen LogP contribution in [0.4, 0.5) is 0 Å². The number of rotatable bonds is 0. The molecule has 4 nitrogen and oxygen atoms in total. The van der Waals surface area contributed by atoms with Crippen molar-refractivity contribution in [3.63, 3.8) is 0 Å². The summed E-state index contributed by atoms with van der Waals surface area (Å²) in [5.41, 5.74) is 1.45. The van der Waals surface area contributed by atoms with Gasteiger partial charge in [-0.15, -0.1) is 0 Å². The summed E-state index contributed by atoms with van der Waals surface area (Å²) >= 11 is 8.90. The van der Waals surface area contributed by atoms with E-state index >= 15 is 0 Å². The van der Waals surface area contributed by atoms with Crippen LogP contribution in [0.3, 0.4) is 0 Å². The van der Waals surface area contributed by atoms with Crippen molar-refractivity contribution >= 4 is 38.7 Å². The molecule has 2 heterocycles. The van der Waals surface area contributed by atoms with Crippen LogP contribution in [0.1, 0.15) is 0 Å². The summed E-state index contributed by atoms with van der Waals surface area (Å²) < 4.78 is 2.51. The van der Waals surface area contributed by atoms with Gasteiger partial charge < -0.3 is 4.57 Å². The number of imidazole rings is 1. The number of fused-ring (bicyclic) bond motifs is 1. The molecule has 0 aromatic carbocycles. The molecule has 62 valence electrons. The van der Waals surface area contributed by atoms with Gasteiger partial charge in [0.15, 0.2) is 10.4 Å². The van der Waals surface area contributed by atoms with Crippen molar-refractivity contribution in [1.82, 2.24) is 19.5 Å². The lowest BCUT2D eigenvalue weighted by Gasteiger charge is -1.93. The van der Waals surface area contributed by atoms with Gasteiger partial charge in [-0.2, -0.15) is 4.98 Å². The molecule has 0 radical (unpaired) electrons. The SMILES string of the molecule is Cn1c(Br)nc2cnc(Cl)nc21. The highest BCUT2D eigenvalue weighted by molar-refractivity contribution is 9.10. The Morgan fingerprint density at radius 1 is 1.50 bits per heavy atom. The van der Waals surface area contributed by atoms with Crippen molar-refractivity contribution in [3.05, 3.63) is 16.2 Å². The summed E-state index contributed by atoms with van der Waals surface area (Å²) in [5, 5.41) is 0.234. The summed E-state index contributed by atoms with van der Waals surface area (Å²) in [7, 11) is 1.85. The first-order valence-corrected chi connectivity index (χ1v) is 4.36. The van der Waals surface area contributed by atoms with Gasteiger partial charge in [0.05, 0.1) is 6.20 Å². The Bertz CT molecular complexity index is 438. The van der Waals surface area contributed by atoms with E-state index in [1.54, 1.807) is 10.8 Å². The molecule has 0 aliphatic carbocycles. The van der Waals surface area contributed by atoms with Gasteiger partial charge in [0, 0.05) is 7.05 Å². The second kappa shape index (κ2) is 2.67. The normalized spacial score (nSPS) is 10.9. The van der Waals surface area contributed by atoms with Crippen LogP contribution in [-0.4, -0.2) is 19.5 Å². The molecule has 0 aliphatic rings. The fraction of sp³-hybridized carbons (Fsp3) is 0.167. The van der Waals surface area contributed by atoms with Crippen LogP contribution in [0.2, 0.25) is 5.28 Å². The molecule has 0 amide bonds. The zero-order valence-corrected chi connectivity index (χ0v) is 8.46. The van der Waals surface area contributed by atoms with Gasteiger partial charge in [-0.3, -0.25) is 0 Å². The Kier molecular flexibility index (Phi) is 1.77. The van der Waals surface area contributed by atoms with E-state index in [1.807, 2.05) is 7.05 Å². The van der Waals surface area contributed by atoms with Crippen LogP contribution in [0.5, 0.6) is 0 Å². The van der Waals surface area contributed by atoms with Crippen molar-refractivity contribution in [2.75, 3.05) is 0 Å². The molecule has 0 saturated carbocycles. The van der Waals surface area contributed by atoms with E-state index in [9.17, 15) is 0 Å². The highest BCUT2D eigenvalue weighted by atomic mass is 79.9. The molecule has 0 atom stereocenters. The zero-order chi connectivity index (χ0) is 8.72. The van der Waals surface area contributed by atoms with Crippen LogP contribution in [0.15, 0.2) is 10.9 Å². The Morgan fingerprint density at radius 2 is 2.25 bits per heavy atom. The van der Waals surface area contributed by atoms with Crippen molar-refractivity contribution in [1.29, 1.82) is 0 Å². The molecule has 0 N–H and O–H groups in total. The maximum atomic E-state index is 5.62. The fourth-order valence-corrected chi connectivity index (χ4v) is 1.42. The minimum atomic E-state index is 0.234. The predicted molar refractivity (Wildman–Crippen MR) is 49.0 cm³/mol. The van der Waals surface area contributed by atoms with E-state index in [2.05, 4.69) is 30.9 Å². The molecule has 2 aromatic heterocycles. The Labute approximate surface area is 81.7 Å². The topological polar surface area (TPSA) is 43.6 Å². The molecule has 12 heavy (non-hydrogen) atoms. The fourth-order valence-electron chi connectivity index (χ4n) is 0.933. The first-order valence-electron chi connectivity index (χ1n) is 3.19. The monoisotopic (exact) mass is 246 g/mol. The predicted octanol–water partition coefficient (Wildman–Crippen LogP) is 1.78. The summed E-state index contributed by atoms with van der Waals surface area (Å²) in [6.07, 6.45) is 1.59. The van der Waals surface area contributed by atoms with E-state index in [-0.39, 0.29) is 5.28 Å². The van der Waals surface area contributed by atoms with Crippen LogP contribution in [0.25, 0.3) is 11.2 Å². The summed E-state index contributed by atoms with van der Waals surface area (Å²) in [6, 6.07) is 0. The number of aryl methyl sites for hydroxylation is 1. The zero-order valence-electron chi connectivity index (χ0n) is 6.12. The lowest BCUT2D eigenvalue weighted by Crippen LogP contribution is -1.90. The molecular weight excluding hydrogens is 243 g/mol. The number of hydrogen-bond donors (Lipinski definition) is 0. The molecule has 0 aliphatic heterocycles. The largest absolute Gasteiger partial charge is 0.306 e. The van der Waals surface area contributed by atoms with Gasteiger partial charge in [0.25, 0.3) is 0 Å². The molecule has 6 heteroatoms. The second-order valence-electron chi connectivity index (χ2n) is 2.29. The van der Waals surface area contributed by atoms with Gasteiger partial charge in [0.2, 0.25) is 5.28 Å². The smallest absolute Gasteiger partial charge is 0.224 e. The molecule has 0 unspecified atom stereocenters. The first kappa shape index (κ1) is 7.94. The Morgan fingerprint density at radius 3 is 3.00 bits per heavy atom. The number of aromatic nitrogens is 4. The van der Waals surface area contributed by atoms with E-state index in [0.29, 0.717) is 4.73 Å². The van der Waals surface area contributed by atoms with Gasteiger partial charge in [-0.05, 0) is 27.5 Å². The number of nitrogens with zero attached hydrogens (tertiary/aromatic N) is 4. The second-order valence-corrected chi connectivity index (χ2v) is 3.34. The minimum absolute atomic E-state index is 0.234. The third-order valence-corrected chi connectivity index (χ3v) is 2.42. The maximum absolute atomic E-state index is 5.62. The quantitative estimate of drug-likeness (QED) is 0.526. The third kappa shape index (κ3) is 1.09. The van der Waals surface area contributed by atoms with Gasteiger partial charge in [-0.25, -0.2) is 9.97 Å². The number of halogens is 2. The summed E-state index contributed by atoms with van der Waals surface area (Å²) in [4.78, 5) is 12.0. The summed E-state index contributed by atoms with van der Waals surface area (Å²) in [6.45, 7) is 0. The average molecular weight is 247 g/mol. The lowest BCUT2D eigenvalue weighted by atomic mass is 10.6. The molecule has 0 fully saturated rings. The Hall–Kier alpha value is -0.680. The molecule has 0 bridgehead atoms. The first-order chi connectivity index (χ1) is 5.68. The Balaban J connectivity index is 2.88.